The number of hydrogen-bond donors (Lipinski definition) is 1. The predicted molar refractivity (Wildman–Crippen MR) is 69.8 cm³/mol. The maximum atomic E-state index is 11.4. The Bertz CT molecular complexity index is 468. The highest BCUT2D eigenvalue weighted by atomic mass is 32.2. The van der Waals surface area contributed by atoms with Crippen LogP contribution in [0.2, 0.25) is 0 Å². The second-order valence-electron chi connectivity index (χ2n) is 4.22. The summed E-state index contributed by atoms with van der Waals surface area (Å²) >= 11 is 0. The molecule has 0 aromatic heterocycles. The van der Waals surface area contributed by atoms with Crippen LogP contribution in [-0.2, 0) is 16.4 Å². The molecule has 0 bridgehead atoms. The first-order valence-electron chi connectivity index (χ1n) is 5.92. The Balaban J connectivity index is 2.11. The van der Waals surface area contributed by atoms with Crippen molar-refractivity contribution in [2.75, 3.05) is 30.3 Å². The average molecular weight is 254 g/mol. The molecule has 0 amide bonds. The van der Waals surface area contributed by atoms with E-state index in [0.717, 1.165) is 18.7 Å². The fraction of sp³-hybridized carbons (Fsp3) is 0.500. The number of aryl methyl sites for hydroxylation is 1. The SMILES string of the molecule is CCc1ccc(N2CCNS(=O)(=O)CC2)cc1. The van der Waals surface area contributed by atoms with Gasteiger partial charge in [0.1, 0.15) is 0 Å². The Morgan fingerprint density at radius 2 is 1.94 bits per heavy atom. The van der Waals surface area contributed by atoms with Gasteiger partial charge in [0.2, 0.25) is 10.0 Å². The molecule has 1 N–H and O–H groups in total. The van der Waals surface area contributed by atoms with Crippen LogP contribution in [0, 0.1) is 0 Å². The summed E-state index contributed by atoms with van der Waals surface area (Å²) in [6.45, 7) is 3.89. The van der Waals surface area contributed by atoms with Crippen LogP contribution in [0.4, 0.5) is 5.69 Å². The standard InChI is InChI=1S/C12H18N2O2S/c1-2-11-3-5-12(6-4-11)14-8-7-13-17(15,16)10-9-14/h3-6,13H,2,7-10H2,1H3. The van der Waals surface area contributed by atoms with Crippen molar-refractivity contribution in [1.82, 2.24) is 4.72 Å². The van der Waals surface area contributed by atoms with Crippen molar-refractivity contribution in [2.24, 2.45) is 0 Å². The fourth-order valence-electron chi connectivity index (χ4n) is 1.95. The molecule has 1 heterocycles. The Hall–Kier alpha value is -1.07. The minimum Gasteiger partial charge on any atom is -0.369 e. The minimum absolute atomic E-state index is 0.169. The summed E-state index contributed by atoms with van der Waals surface area (Å²) in [7, 11) is -3.06. The molecule has 1 saturated heterocycles. The van der Waals surface area contributed by atoms with Crippen LogP contribution in [0.3, 0.4) is 0 Å². The molecular weight excluding hydrogens is 236 g/mol. The zero-order valence-electron chi connectivity index (χ0n) is 10.0. The Kier molecular flexibility index (Phi) is 3.69. The maximum Gasteiger partial charge on any atom is 0.213 e. The van der Waals surface area contributed by atoms with E-state index in [9.17, 15) is 8.42 Å². The second-order valence-corrected chi connectivity index (χ2v) is 6.15. The normalized spacial score (nSPS) is 19.9. The molecular formula is C12H18N2O2S. The molecule has 1 fully saturated rings. The van der Waals surface area contributed by atoms with Gasteiger partial charge in [0, 0.05) is 25.3 Å². The van der Waals surface area contributed by atoms with Crippen molar-refractivity contribution in [1.29, 1.82) is 0 Å². The fourth-order valence-corrected chi connectivity index (χ4v) is 2.96. The Labute approximate surface area is 103 Å². The van der Waals surface area contributed by atoms with Crippen molar-refractivity contribution in [3.05, 3.63) is 29.8 Å². The molecule has 17 heavy (non-hydrogen) atoms. The molecule has 0 unspecified atom stereocenters. The van der Waals surface area contributed by atoms with E-state index in [1.165, 1.54) is 5.56 Å². The summed E-state index contributed by atoms with van der Waals surface area (Å²) in [5.41, 5.74) is 2.40. The first-order chi connectivity index (χ1) is 8.11. The monoisotopic (exact) mass is 254 g/mol. The summed E-state index contributed by atoms with van der Waals surface area (Å²) in [5.74, 6) is 0.169. The lowest BCUT2D eigenvalue weighted by Gasteiger charge is -2.21. The van der Waals surface area contributed by atoms with Gasteiger partial charge in [-0.05, 0) is 24.1 Å². The van der Waals surface area contributed by atoms with Crippen molar-refractivity contribution in [3.8, 4) is 0 Å². The molecule has 0 radical (unpaired) electrons. The lowest BCUT2D eigenvalue weighted by atomic mass is 10.1. The summed E-state index contributed by atoms with van der Waals surface area (Å²) < 4.78 is 25.4. The van der Waals surface area contributed by atoms with E-state index < -0.39 is 10.0 Å². The topological polar surface area (TPSA) is 49.4 Å². The lowest BCUT2D eigenvalue weighted by molar-refractivity contribution is 0.586. The number of benzene rings is 1. The molecule has 0 spiro atoms. The van der Waals surface area contributed by atoms with Crippen molar-refractivity contribution in [3.63, 3.8) is 0 Å². The van der Waals surface area contributed by atoms with Gasteiger partial charge in [-0.3, -0.25) is 0 Å². The Morgan fingerprint density at radius 1 is 1.24 bits per heavy atom. The Morgan fingerprint density at radius 3 is 2.59 bits per heavy atom. The summed E-state index contributed by atoms with van der Waals surface area (Å²) in [6.07, 6.45) is 1.02. The molecule has 5 heteroatoms. The van der Waals surface area contributed by atoms with Gasteiger partial charge in [-0.1, -0.05) is 19.1 Å². The predicted octanol–water partition coefficient (Wildman–Crippen LogP) is 0.988. The summed E-state index contributed by atoms with van der Waals surface area (Å²) in [6, 6.07) is 8.33. The third-order valence-corrected chi connectivity index (χ3v) is 4.41. The molecule has 0 atom stereocenters. The molecule has 1 aromatic rings. The third-order valence-electron chi connectivity index (χ3n) is 3.04. The molecule has 94 valence electrons. The van der Waals surface area contributed by atoms with E-state index in [1.54, 1.807) is 0 Å². The highest BCUT2D eigenvalue weighted by Crippen LogP contribution is 2.16. The average Bonchev–Trinajstić information content (AvgIpc) is 2.50. The van der Waals surface area contributed by atoms with Crippen LogP contribution in [0.5, 0.6) is 0 Å². The first-order valence-corrected chi connectivity index (χ1v) is 7.57. The van der Waals surface area contributed by atoms with Crippen LogP contribution in [0.25, 0.3) is 0 Å². The van der Waals surface area contributed by atoms with E-state index in [2.05, 4.69) is 40.8 Å². The van der Waals surface area contributed by atoms with Gasteiger partial charge in [0.25, 0.3) is 0 Å². The number of nitrogens with one attached hydrogen (secondary N) is 1. The molecule has 4 nitrogen and oxygen atoms in total. The van der Waals surface area contributed by atoms with Crippen LogP contribution in [0.1, 0.15) is 12.5 Å². The smallest absolute Gasteiger partial charge is 0.213 e. The van der Waals surface area contributed by atoms with Crippen molar-refractivity contribution < 1.29 is 8.42 Å². The number of anilines is 1. The summed E-state index contributed by atoms with van der Waals surface area (Å²) in [4.78, 5) is 2.11. The van der Waals surface area contributed by atoms with Gasteiger partial charge in [-0.2, -0.15) is 0 Å². The van der Waals surface area contributed by atoms with Crippen LogP contribution in [0.15, 0.2) is 24.3 Å². The van der Waals surface area contributed by atoms with E-state index >= 15 is 0 Å². The number of sulfonamides is 1. The minimum atomic E-state index is -3.06. The third kappa shape index (κ3) is 3.20. The lowest BCUT2D eigenvalue weighted by Crippen LogP contribution is -2.28. The number of nitrogens with zero attached hydrogens (tertiary/aromatic N) is 1. The van der Waals surface area contributed by atoms with Crippen molar-refractivity contribution in [2.45, 2.75) is 13.3 Å². The quantitative estimate of drug-likeness (QED) is 0.856. The number of rotatable bonds is 2. The molecule has 1 aromatic carbocycles. The van der Waals surface area contributed by atoms with E-state index in [-0.39, 0.29) is 5.75 Å². The largest absolute Gasteiger partial charge is 0.369 e. The van der Waals surface area contributed by atoms with E-state index in [0.29, 0.717) is 13.1 Å². The van der Waals surface area contributed by atoms with E-state index in [1.807, 2.05) is 0 Å². The molecule has 1 aliphatic rings. The maximum absolute atomic E-state index is 11.4. The number of hydrogen-bond acceptors (Lipinski definition) is 3. The molecule has 0 aliphatic carbocycles. The first kappa shape index (κ1) is 12.4. The highest BCUT2D eigenvalue weighted by molar-refractivity contribution is 7.89. The second kappa shape index (κ2) is 5.06. The van der Waals surface area contributed by atoms with Gasteiger partial charge < -0.3 is 4.90 Å². The van der Waals surface area contributed by atoms with Gasteiger partial charge in [-0.15, -0.1) is 0 Å². The van der Waals surface area contributed by atoms with Gasteiger partial charge in [0.15, 0.2) is 0 Å². The zero-order chi connectivity index (χ0) is 12.3. The van der Waals surface area contributed by atoms with Gasteiger partial charge in [-0.25, -0.2) is 13.1 Å². The molecule has 1 aliphatic heterocycles. The van der Waals surface area contributed by atoms with Gasteiger partial charge >= 0.3 is 0 Å². The zero-order valence-corrected chi connectivity index (χ0v) is 10.8. The van der Waals surface area contributed by atoms with E-state index in [4.69, 9.17) is 0 Å². The molecule has 2 rings (SSSR count). The van der Waals surface area contributed by atoms with Crippen LogP contribution in [-0.4, -0.2) is 33.8 Å². The van der Waals surface area contributed by atoms with Gasteiger partial charge in [0.05, 0.1) is 5.75 Å². The highest BCUT2D eigenvalue weighted by Gasteiger charge is 2.18. The van der Waals surface area contributed by atoms with Crippen LogP contribution >= 0.6 is 0 Å². The van der Waals surface area contributed by atoms with Crippen molar-refractivity contribution >= 4 is 15.7 Å². The molecule has 0 saturated carbocycles. The van der Waals surface area contributed by atoms with Crippen LogP contribution < -0.4 is 9.62 Å². The summed E-state index contributed by atoms with van der Waals surface area (Å²) in [5, 5.41) is 0.